The van der Waals surface area contributed by atoms with Crippen molar-refractivity contribution in [2.45, 2.75) is 32.6 Å². The van der Waals surface area contributed by atoms with Crippen LogP contribution in [0.5, 0.6) is 0 Å². The fraction of sp³-hybridized carbons (Fsp3) is 0.600. The number of allylic oxidation sites excluding steroid dienone is 1. The van der Waals surface area contributed by atoms with Crippen LogP contribution in [0, 0.1) is 0 Å². The van der Waals surface area contributed by atoms with Gasteiger partial charge in [0, 0.05) is 6.42 Å². The van der Waals surface area contributed by atoms with Gasteiger partial charge in [-0.2, -0.15) is 0 Å². The van der Waals surface area contributed by atoms with Crippen LogP contribution < -0.4 is 0 Å². The zero-order valence-electron chi connectivity index (χ0n) is 8.21. The number of hydrogen-bond acceptors (Lipinski definition) is 4. The highest BCUT2D eigenvalue weighted by Crippen LogP contribution is 2.17. The molecule has 1 rings (SSSR count). The van der Waals surface area contributed by atoms with Crippen LogP contribution >= 0.6 is 0 Å². The molecule has 78 valence electrons. The molecule has 4 nitrogen and oxygen atoms in total. The molecule has 1 aliphatic rings. The van der Waals surface area contributed by atoms with E-state index in [0.717, 1.165) is 19.3 Å². The second kappa shape index (κ2) is 4.79. The van der Waals surface area contributed by atoms with E-state index < -0.39 is 11.8 Å². The summed E-state index contributed by atoms with van der Waals surface area (Å²) in [4.78, 5) is 22.1. The Balaban J connectivity index is 2.62. The minimum absolute atomic E-state index is 0.119. The number of aliphatic hydroxyl groups is 1. The van der Waals surface area contributed by atoms with Crippen molar-refractivity contribution in [3.63, 3.8) is 0 Å². The first-order valence-corrected chi connectivity index (χ1v) is 4.79. The normalized spacial score (nSPS) is 19.8. The Bertz CT molecular complexity index is 260. The first-order valence-electron chi connectivity index (χ1n) is 4.79. The zero-order valence-corrected chi connectivity index (χ0v) is 8.21. The summed E-state index contributed by atoms with van der Waals surface area (Å²) in [5.41, 5.74) is -0.152. The minimum Gasteiger partial charge on any atom is -0.511 e. The molecule has 1 N–H and O–H groups in total. The van der Waals surface area contributed by atoms with Crippen molar-refractivity contribution in [3.8, 4) is 0 Å². The summed E-state index contributed by atoms with van der Waals surface area (Å²) in [6.07, 6.45) is 3.16. The third-order valence-electron chi connectivity index (χ3n) is 2.12. The average Bonchev–Trinajstić information content (AvgIpc) is 2.46. The van der Waals surface area contributed by atoms with Gasteiger partial charge in [-0.05, 0) is 6.42 Å². The summed E-state index contributed by atoms with van der Waals surface area (Å²) in [5, 5.41) is 9.47. The Labute approximate surface area is 82.6 Å². The van der Waals surface area contributed by atoms with Crippen LogP contribution in [0.25, 0.3) is 0 Å². The van der Waals surface area contributed by atoms with Gasteiger partial charge in [0.1, 0.15) is 11.3 Å². The van der Waals surface area contributed by atoms with Crippen LogP contribution in [0.3, 0.4) is 0 Å². The lowest BCUT2D eigenvalue weighted by Crippen LogP contribution is -2.05. The van der Waals surface area contributed by atoms with Crippen molar-refractivity contribution in [3.05, 3.63) is 11.3 Å². The number of aliphatic hydroxyl groups excluding tert-OH is 1. The van der Waals surface area contributed by atoms with Crippen LogP contribution in [0.1, 0.15) is 32.6 Å². The van der Waals surface area contributed by atoms with Crippen LogP contribution in [-0.2, 0) is 14.3 Å². The molecule has 0 spiro atoms. The molecule has 1 heterocycles. The molecule has 0 aromatic carbocycles. The van der Waals surface area contributed by atoms with E-state index in [-0.39, 0.29) is 17.9 Å². The van der Waals surface area contributed by atoms with Gasteiger partial charge in [-0.3, -0.25) is 4.79 Å². The summed E-state index contributed by atoms with van der Waals surface area (Å²) < 4.78 is 4.50. The molecule has 0 amide bonds. The fourth-order valence-corrected chi connectivity index (χ4v) is 1.34. The lowest BCUT2D eigenvalue weighted by atomic mass is 10.1. The fourth-order valence-electron chi connectivity index (χ4n) is 1.34. The second-order valence-electron chi connectivity index (χ2n) is 3.28. The Morgan fingerprint density at radius 2 is 2.14 bits per heavy atom. The number of rotatable bonds is 4. The van der Waals surface area contributed by atoms with Gasteiger partial charge >= 0.3 is 5.97 Å². The molecule has 0 atom stereocenters. The summed E-state index contributed by atoms with van der Waals surface area (Å²) in [6, 6.07) is 0. The second-order valence-corrected chi connectivity index (χ2v) is 3.28. The number of carbonyl (C=O) groups excluding carboxylic acids is 2. The summed E-state index contributed by atoms with van der Waals surface area (Å²) in [5.74, 6) is -1.22. The van der Waals surface area contributed by atoms with E-state index >= 15 is 0 Å². The molecule has 14 heavy (non-hydrogen) atoms. The van der Waals surface area contributed by atoms with Gasteiger partial charge in [0.05, 0.1) is 0 Å². The quantitative estimate of drug-likeness (QED) is 0.244. The van der Waals surface area contributed by atoms with E-state index in [0.29, 0.717) is 6.42 Å². The Hall–Kier alpha value is -1.32. The SMILES string of the molecule is CCCCC/C(O)=C1\C(=O)COC1=O. The number of cyclic esters (lactones) is 1. The van der Waals surface area contributed by atoms with Crippen molar-refractivity contribution in [2.75, 3.05) is 6.61 Å². The number of hydrogen-bond donors (Lipinski definition) is 1. The van der Waals surface area contributed by atoms with Crippen molar-refractivity contribution in [2.24, 2.45) is 0 Å². The third kappa shape index (κ3) is 2.34. The number of unbranched alkanes of at least 4 members (excludes halogenated alkanes) is 2. The molecule has 1 aliphatic heterocycles. The van der Waals surface area contributed by atoms with E-state index in [2.05, 4.69) is 4.74 Å². The van der Waals surface area contributed by atoms with Crippen molar-refractivity contribution in [1.29, 1.82) is 0 Å². The lowest BCUT2D eigenvalue weighted by molar-refractivity contribution is -0.135. The molecule has 0 saturated carbocycles. The molecule has 0 aromatic heterocycles. The molecule has 0 radical (unpaired) electrons. The number of esters is 1. The van der Waals surface area contributed by atoms with E-state index in [1.54, 1.807) is 0 Å². The summed E-state index contributed by atoms with van der Waals surface area (Å²) >= 11 is 0. The van der Waals surface area contributed by atoms with E-state index in [1.807, 2.05) is 6.92 Å². The summed E-state index contributed by atoms with van der Waals surface area (Å²) in [7, 11) is 0. The number of Topliss-reactive ketones (excluding diaryl/α,β-unsaturated/α-hetero) is 1. The molecule has 1 saturated heterocycles. The monoisotopic (exact) mass is 198 g/mol. The van der Waals surface area contributed by atoms with Gasteiger partial charge < -0.3 is 9.84 Å². The van der Waals surface area contributed by atoms with Crippen LogP contribution in [0.2, 0.25) is 0 Å². The maximum atomic E-state index is 11.1. The minimum atomic E-state index is -0.691. The number of ketones is 1. The van der Waals surface area contributed by atoms with E-state index in [1.165, 1.54) is 0 Å². The largest absolute Gasteiger partial charge is 0.511 e. The highest BCUT2D eigenvalue weighted by Gasteiger charge is 2.31. The molecule has 0 bridgehead atoms. The first-order chi connectivity index (χ1) is 6.66. The first kappa shape index (κ1) is 10.8. The molecule has 0 aliphatic carbocycles. The van der Waals surface area contributed by atoms with Crippen molar-refractivity contribution < 1.29 is 19.4 Å². The van der Waals surface area contributed by atoms with Crippen LogP contribution in [-0.4, -0.2) is 23.5 Å². The maximum Gasteiger partial charge on any atom is 0.345 e. The van der Waals surface area contributed by atoms with Gasteiger partial charge in [0.2, 0.25) is 5.78 Å². The predicted octanol–water partition coefficient (Wildman–Crippen LogP) is 1.50. The maximum absolute atomic E-state index is 11.1. The third-order valence-corrected chi connectivity index (χ3v) is 2.12. The predicted molar refractivity (Wildman–Crippen MR) is 49.8 cm³/mol. The highest BCUT2D eigenvalue weighted by atomic mass is 16.5. The Morgan fingerprint density at radius 1 is 1.43 bits per heavy atom. The number of carbonyl (C=O) groups is 2. The molecule has 0 unspecified atom stereocenters. The Morgan fingerprint density at radius 3 is 2.64 bits per heavy atom. The van der Waals surface area contributed by atoms with Gasteiger partial charge in [-0.15, -0.1) is 0 Å². The van der Waals surface area contributed by atoms with E-state index in [9.17, 15) is 14.7 Å². The zero-order chi connectivity index (χ0) is 10.6. The molecular formula is C10H14O4. The standard InChI is InChI=1S/C10H14O4/c1-2-3-4-5-7(11)9-8(12)6-14-10(9)13/h11H,2-6H2,1H3/b9-7-. The van der Waals surface area contributed by atoms with Crippen LogP contribution in [0.15, 0.2) is 11.3 Å². The molecular weight excluding hydrogens is 184 g/mol. The van der Waals surface area contributed by atoms with Crippen molar-refractivity contribution >= 4 is 11.8 Å². The van der Waals surface area contributed by atoms with Crippen LogP contribution in [0.4, 0.5) is 0 Å². The summed E-state index contributed by atoms with van der Waals surface area (Å²) in [6.45, 7) is 1.81. The highest BCUT2D eigenvalue weighted by molar-refractivity contribution is 6.22. The molecule has 4 heteroatoms. The molecule has 1 fully saturated rings. The molecule has 0 aromatic rings. The van der Waals surface area contributed by atoms with Gasteiger partial charge in [-0.1, -0.05) is 19.8 Å². The van der Waals surface area contributed by atoms with Gasteiger partial charge in [0.25, 0.3) is 0 Å². The lowest BCUT2D eigenvalue weighted by Gasteiger charge is -2.00. The number of ether oxygens (including phenoxy) is 1. The smallest absolute Gasteiger partial charge is 0.345 e. The van der Waals surface area contributed by atoms with Gasteiger partial charge in [0.15, 0.2) is 6.61 Å². The van der Waals surface area contributed by atoms with Gasteiger partial charge in [-0.25, -0.2) is 4.79 Å². The van der Waals surface area contributed by atoms with E-state index in [4.69, 9.17) is 0 Å². The topological polar surface area (TPSA) is 63.6 Å². The van der Waals surface area contributed by atoms with Crippen molar-refractivity contribution in [1.82, 2.24) is 0 Å². The Kier molecular flexibility index (Phi) is 3.68. The average molecular weight is 198 g/mol.